The fraction of sp³-hybridized carbons (Fsp3) is 0.333. The van der Waals surface area contributed by atoms with Crippen LogP contribution in [0.5, 0.6) is 0 Å². The molecule has 1 saturated heterocycles. The summed E-state index contributed by atoms with van der Waals surface area (Å²) in [7, 11) is 0. The average molecular weight is 500 g/mol. The van der Waals surface area contributed by atoms with Gasteiger partial charge in [0, 0.05) is 17.3 Å². The molecule has 1 aliphatic heterocycles. The molecule has 0 spiro atoms. The van der Waals surface area contributed by atoms with Crippen molar-refractivity contribution in [2.75, 3.05) is 11.9 Å². The van der Waals surface area contributed by atoms with Crippen LogP contribution < -0.4 is 5.32 Å². The van der Waals surface area contributed by atoms with E-state index in [-0.39, 0.29) is 22.5 Å². The second kappa shape index (κ2) is 10.2. The predicted molar refractivity (Wildman–Crippen MR) is 124 cm³/mol. The van der Waals surface area contributed by atoms with Gasteiger partial charge in [-0.2, -0.15) is 0 Å². The molecule has 3 unspecified atom stereocenters. The number of amides is 3. The van der Waals surface area contributed by atoms with Gasteiger partial charge in [-0.05, 0) is 25.0 Å². The lowest BCUT2D eigenvalue weighted by Crippen LogP contribution is -2.38. The van der Waals surface area contributed by atoms with Gasteiger partial charge in [-0.3, -0.25) is 34.2 Å². The third-order valence-corrected chi connectivity index (χ3v) is 6.54. The summed E-state index contributed by atoms with van der Waals surface area (Å²) in [5.74, 6) is -3.27. The van der Waals surface area contributed by atoms with Crippen molar-refractivity contribution in [1.82, 2.24) is 4.90 Å². The Kier molecular flexibility index (Phi) is 7.11. The Morgan fingerprint density at radius 3 is 2.31 bits per heavy atom. The van der Waals surface area contributed by atoms with E-state index in [9.17, 15) is 29.3 Å². The molecule has 0 bridgehead atoms. The maximum atomic E-state index is 13.0. The van der Waals surface area contributed by atoms with Crippen LogP contribution in [0.15, 0.2) is 48.5 Å². The Morgan fingerprint density at radius 2 is 1.71 bits per heavy atom. The number of hydrogen-bond donors (Lipinski definition) is 1. The van der Waals surface area contributed by atoms with Crippen molar-refractivity contribution in [3.05, 3.63) is 69.2 Å². The summed E-state index contributed by atoms with van der Waals surface area (Å²) in [5, 5.41) is 13.5. The first-order valence-corrected chi connectivity index (χ1v) is 11.5. The third-order valence-electron chi connectivity index (χ3n) is 6.22. The van der Waals surface area contributed by atoms with E-state index in [1.54, 1.807) is 30.3 Å². The van der Waals surface area contributed by atoms with E-state index in [4.69, 9.17) is 16.3 Å². The standard InChI is InChI=1S/C24H22ClN3O7/c25-18-11-10-15(12-19(18)28(33)34)26-22(30)21(14-6-2-1-3-7-14)35-20(29)13-27-23(31)16-8-4-5-9-17(16)24(27)32/h1-3,6-7,10-12,16-17,21H,4-5,8-9,13H2,(H,26,30). The van der Waals surface area contributed by atoms with Gasteiger partial charge in [-0.1, -0.05) is 54.8 Å². The maximum absolute atomic E-state index is 13.0. The summed E-state index contributed by atoms with van der Waals surface area (Å²) < 4.78 is 5.43. The van der Waals surface area contributed by atoms with Crippen LogP contribution in [0.25, 0.3) is 0 Å². The molecule has 1 N–H and O–H groups in total. The SMILES string of the molecule is O=C(CN1C(=O)C2CCCCC2C1=O)OC(C(=O)Nc1ccc(Cl)c([N+](=O)[O-])c1)c1ccccc1. The lowest BCUT2D eigenvalue weighted by atomic mass is 9.81. The van der Waals surface area contributed by atoms with E-state index in [0.29, 0.717) is 18.4 Å². The molecular formula is C24H22ClN3O7. The normalized spacial score (nSPS) is 20.2. The molecule has 182 valence electrons. The van der Waals surface area contributed by atoms with E-state index >= 15 is 0 Å². The van der Waals surface area contributed by atoms with Crippen LogP contribution in [0.2, 0.25) is 5.02 Å². The van der Waals surface area contributed by atoms with Crippen molar-refractivity contribution < 1.29 is 28.8 Å². The minimum atomic E-state index is -1.42. The zero-order valence-electron chi connectivity index (χ0n) is 18.5. The summed E-state index contributed by atoms with van der Waals surface area (Å²) >= 11 is 5.82. The number of rotatable bonds is 7. The molecule has 4 rings (SSSR count). The number of imide groups is 1. The molecule has 2 fully saturated rings. The van der Waals surface area contributed by atoms with Gasteiger partial charge >= 0.3 is 5.97 Å². The number of nitrogens with one attached hydrogen (secondary N) is 1. The summed E-state index contributed by atoms with van der Waals surface area (Å²) in [5.41, 5.74) is 0.0249. The molecule has 35 heavy (non-hydrogen) atoms. The molecule has 2 aromatic rings. The van der Waals surface area contributed by atoms with Crippen molar-refractivity contribution in [3.8, 4) is 0 Å². The van der Waals surface area contributed by atoms with Crippen LogP contribution in [0.4, 0.5) is 11.4 Å². The number of nitro benzene ring substituents is 1. The van der Waals surface area contributed by atoms with Gasteiger partial charge in [0.05, 0.1) is 16.8 Å². The van der Waals surface area contributed by atoms with Gasteiger partial charge < -0.3 is 10.1 Å². The number of nitro groups is 1. The Balaban J connectivity index is 1.50. The van der Waals surface area contributed by atoms with Crippen molar-refractivity contribution in [1.29, 1.82) is 0 Å². The first-order chi connectivity index (χ1) is 16.8. The van der Waals surface area contributed by atoms with Crippen LogP contribution in [-0.4, -0.2) is 40.1 Å². The van der Waals surface area contributed by atoms with Crippen LogP contribution >= 0.6 is 11.6 Å². The minimum Gasteiger partial charge on any atom is -0.446 e. The Labute approximate surface area is 205 Å². The number of carbonyl (C=O) groups excluding carboxylic acids is 4. The van der Waals surface area contributed by atoms with Crippen LogP contribution in [0, 0.1) is 22.0 Å². The molecule has 3 atom stereocenters. The van der Waals surface area contributed by atoms with Crippen molar-refractivity contribution >= 4 is 46.7 Å². The Hall–Kier alpha value is -3.79. The zero-order chi connectivity index (χ0) is 25.1. The zero-order valence-corrected chi connectivity index (χ0v) is 19.3. The van der Waals surface area contributed by atoms with E-state index in [0.717, 1.165) is 23.8 Å². The smallest absolute Gasteiger partial charge is 0.327 e. The number of halogens is 1. The molecule has 1 aliphatic carbocycles. The van der Waals surface area contributed by atoms with Crippen molar-refractivity contribution in [2.45, 2.75) is 31.8 Å². The van der Waals surface area contributed by atoms with E-state index in [1.807, 2.05) is 0 Å². The number of fused-ring (bicyclic) bond motifs is 1. The molecule has 0 aromatic heterocycles. The van der Waals surface area contributed by atoms with Gasteiger partial charge in [-0.25, -0.2) is 0 Å². The minimum absolute atomic E-state index is 0.0806. The fourth-order valence-corrected chi connectivity index (χ4v) is 4.71. The van der Waals surface area contributed by atoms with Gasteiger partial charge in [0.2, 0.25) is 17.9 Å². The molecule has 1 saturated carbocycles. The number of carbonyl (C=O) groups is 4. The van der Waals surface area contributed by atoms with Crippen LogP contribution in [0.1, 0.15) is 37.4 Å². The van der Waals surface area contributed by atoms with Crippen LogP contribution in [-0.2, 0) is 23.9 Å². The van der Waals surface area contributed by atoms with Gasteiger partial charge in [0.15, 0.2) is 0 Å². The molecular weight excluding hydrogens is 478 g/mol. The highest BCUT2D eigenvalue weighted by atomic mass is 35.5. The maximum Gasteiger partial charge on any atom is 0.327 e. The van der Waals surface area contributed by atoms with Crippen molar-refractivity contribution in [2.24, 2.45) is 11.8 Å². The van der Waals surface area contributed by atoms with Crippen molar-refractivity contribution in [3.63, 3.8) is 0 Å². The Morgan fingerprint density at radius 1 is 1.09 bits per heavy atom. The lowest BCUT2D eigenvalue weighted by molar-refractivity contribution is -0.384. The summed E-state index contributed by atoms with van der Waals surface area (Å²) in [6, 6.07) is 11.9. The largest absolute Gasteiger partial charge is 0.446 e. The fourth-order valence-electron chi connectivity index (χ4n) is 4.52. The topological polar surface area (TPSA) is 136 Å². The second-order valence-corrected chi connectivity index (χ2v) is 8.86. The molecule has 1 heterocycles. The average Bonchev–Trinajstić information content (AvgIpc) is 3.09. The molecule has 0 radical (unpaired) electrons. The van der Waals surface area contributed by atoms with Crippen LogP contribution in [0.3, 0.4) is 0 Å². The number of likely N-dealkylation sites (tertiary alicyclic amines) is 1. The summed E-state index contributed by atoms with van der Waals surface area (Å²) in [6.45, 7) is -0.590. The number of esters is 1. The van der Waals surface area contributed by atoms with Gasteiger partial charge in [0.1, 0.15) is 11.6 Å². The lowest BCUT2D eigenvalue weighted by Gasteiger charge is -2.20. The summed E-state index contributed by atoms with van der Waals surface area (Å²) in [4.78, 5) is 62.6. The summed E-state index contributed by atoms with van der Waals surface area (Å²) in [6.07, 6.45) is 1.52. The number of hydrogen-bond acceptors (Lipinski definition) is 7. The van der Waals surface area contributed by atoms with Gasteiger partial charge in [-0.15, -0.1) is 0 Å². The molecule has 2 aromatic carbocycles. The second-order valence-electron chi connectivity index (χ2n) is 8.45. The molecule has 2 aliphatic rings. The number of benzene rings is 2. The number of ether oxygens (including phenoxy) is 1. The first-order valence-electron chi connectivity index (χ1n) is 11.1. The highest BCUT2D eigenvalue weighted by Crippen LogP contribution is 2.38. The van der Waals surface area contributed by atoms with E-state index in [2.05, 4.69) is 5.32 Å². The number of anilines is 1. The molecule has 11 heteroatoms. The molecule has 3 amide bonds. The number of nitrogens with zero attached hydrogens (tertiary/aromatic N) is 2. The van der Waals surface area contributed by atoms with E-state index in [1.165, 1.54) is 12.1 Å². The Bertz CT molecular complexity index is 1160. The third kappa shape index (κ3) is 5.17. The highest BCUT2D eigenvalue weighted by Gasteiger charge is 2.48. The highest BCUT2D eigenvalue weighted by molar-refractivity contribution is 6.32. The quantitative estimate of drug-likeness (QED) is 0.266. The molecule has 10 nitrogen and oxygen atoms in total. The first kappa shape index (κ1) is 24.3. The van der Waals surface area contributed by atoms with E-state index < -0.39 is 47.0 Å². The predicted octanol–water partition coefficient (Wildman–Crippen LogP) is 3.65. The van der Waals surface area contributed by atoms with Gasteiger partial charge in [0.25, 0.3) is 11.6 Å². The monoisotopic (exact) mass is 499 g/mol.